The van der Waals surface area contributed by atoms with Gasteiger partial charge in [0.1, 0.15) is 0 Å². The predicted molar refractivity (Wildman–Crippen MR) is 94.1 cm³/mol. The Balaban J connectivity index is 2.09. The maximum Gasteiger partial charge on any atom is 0.327 e. The smallest absolute Gasteiger partial charge is 0.327 e. The van der Waals surface area contributed by atoms with Crippen molar-refractivity contribution in [3.8, 4) is 0 Å². The van der Waals surface area contributed by atoms with Crippen LogP contribution < -0.4 is 5.46 Å². The Labute approximate surface area is 135 Å². The molecule has 0 saturated heterocycles. The minimum Gasteiger partial charge on any atom is -0.450 e. The molecule has 0 fully saturated rings. The Morgan fingerprint density at radius 1 is 0.955 bits per heavy atom. The molecule has 0 saturated carbocycles. The zero-order valence-electron chi connectivity index (χ0n) is 13.6. The molecule has 0 amide bonds. The summed E-state index contributed by atoms with van der Waals surface area (Å²) >= 11 is 0. The minimum atomic E-state index is 0.693. The first-order valence-corrected chi connectivity index (χ1v) is 8.00. The van der Waals surface area contributed by atoms with Crippen molar-refractivity contribution >= 4 is 12.9 Å². The van der Waals surface area contributed by atoms with E-state index in [1.807, 2.05) is 18.2 Å². The molecule has 115 valence electrons. The molecular formula is C19H25BNO. The number of hydrogen-bond acceptors (Lipinski definition) is 2. The largest absolute Gasteiger partial charge is 0.450 e. The quantitative estimate of drug-likeness (QED) is 0.757. The van der Waals surface area contributed by atoms with Crippen molar-refractivity contribution in [3.05, 3.63) is 65.7 Å². The lowest BCUT2D eigenvalue weighted by molar-refractivity contribution is 0.241. The topological polar surface area (TPSA) is 23.5 Å². The average molecular weight is 294 g/mol. The van der Waals surface area contributed by atoms with Crippen molar-refractivity contribution < 1.29 is 5.02 Å². The molecule has 3 heteroatoms. The van der Waals surface area contributed by atoms with Gasteiger partial charge in [-0.05, 0) is 35.5 Å². The molecule has 0 aromatic heterocycles. The van der Waals surface area contributed by atoms with Crippen LogP contribution >= 0.6 is 0 Å². The van der Waals surface area contributed by atoms with Crippen LogP contribution in [0, 0.1) is 5.92 Å². The predicted octanol–water partition coefficient (Wildman–Crippen LogP) is 2.97. The third-order valence-corrected chi connectivity index (χ3v) is 3.86. The first-order valence-electron chi connectivity index (χ1n) is 8.00. The molecule has 2 nitrogen and oxygen atoms in total. The number of rotatable bonds is 8. The molecule has 0 aliphatic rings. The monoisotopic (exact) mass is 294 g/mol. The van der Waals surface area contributed by atoms with Gasteiger partial charge in [0.15, 0.2) is 0 Å². The summed E-state index contributed by atoms with van der Waals surface area (Å²) < 4.78 is 0. The summed E-state index contributed by atoms with van der Waals surface area (Å²) in [6.07, 6.45) is 1.18. The van der Waals surface area contributed by atoms with E-state index in [9.17, 15) is 5.02 Å². The second-order valence-electron chi connectivity index (χ2n) is 6.21. The van der Waals surface area contributed by atoms with Gasteiger partial charge in [-0.3, -0.25) is 4.90 Å². The van der Waals surface area contributed by atoms with E-state index < -0.39 is 0 Å². The summed E-state index contributed by atoms with van der Waals surface area (Å²) in [5, 5.41) is 9.40. The van der Waals surface area contributed by atoms with Gasteiger partial charge in [0.05, 0.1) is 0 Å². The van der Waals surface area contributed by atoms with E-state index in [0.29, 0.717) is 5.92 Å². The molecule has 0 atom stereocenters. The number of nitrogens with zero attached hydrogens (tertiary/aromatic N) is 1. The Kier molecular flexibility index (Phi) is 6.69. The second-order valence-corrected chi connectivity index (χ2v) is 6.21. The third-order valence-electron chi connectivity index (χ3n) is 3.86. The zero-order chi connectivity index (χ0) is 15.8. The molecule has 1 radical (unpaired) electrons. The van der Waals surface area contributed by atoms with Crippen molar-refractivity contribution in [1.82, 2.24) is 4.90 Å². The highest BCUT2D eigenvalue weighted by Gasteiger charge is 2.11. The van der Waals surface area contributed by atoms with Gasteiger partial charge < -0.3 is 5.02 Å². The molecule has 0 unspecified atom stereocenters. The standard InChI is InChI=1S/C19H25BNO/c1-16(2)12-13-21(14-17-8-4-3-5-9-17)15-18-10-6-7-11-19(18)20-22/h3-11,16,22H,12-15H2,1-2H3. The van der Waals surface area contributed by atoms with Crippen molar-refractivity contribution in [2.75, 3.05) is 6.54 Å². The lowest BCUT2D eigenvalue weighted by Gasteiger charge is -2.24. The van der Waals surface area contributed by atoms with E-state index in [-0.39, 0.29) is 0 Å². The molecule has 0 aliphatic carbocycles. The van der Waals surface area contributed by atoms with Crippen LogP contribution in [0.4, 0.5) is 0 Å². The first kappa shape index (κ1) is 16.8. The molecule has 0 bridgehead atoms. The summed E-state index contributed by atoms with van der Waals surface area (Å²) in [5.41, 5.74) is 3.41. The van der Waals surface area contributed by atoms with Gasteiger partial charge in [0.25, 0.3) is 0 Å². The summed E-state index contributed by atoms with van der Waals surface area (Å²) in [6, 6.07) is 18.6. The minimum absolute atomic E-state index is 0.693. The van der Waals surface area contributed by atoms with Crippen LogP contribution in [0.2, 0.25) is 0 Å². The van der Waals surface area contributed by atoms with E-state index in [0.717, 1.165) is 25.1 Å². The van der Waals surface area contributed by atoms with Gasteiger partial charge in [-0.25, -0.2) is 0 Å². The number of benzene rings is 2. The lowest BCUT2D eigenvalue weighted by atomic mass is 9.84. The third kappa shape index (κ3) is 5.32. The van der Waals surface area contributed by atoms with Crippen LogP contribution in [-0.2, 0) is 13.1 Å². The Hall–Kier alpha value is -1.58. The highest BCUT2D eigenvalue weighted by molar-refractivity contribution is 6.46. The summed E-state index contributed by atoms with van der Waals surface area (Å²) in [7, 11) is 1.21. The van der Waals surface area contributed by atoms with Crippen LogP contribution in [-0.4, -0.2) is 24.0 Å². The van der Waals surface area contributed by atoms with Gasteiger partial charge in [0.2, 0.25) is 0 Å². The fourth-order valence-corrected chi connectivity index (χ4v) is 2.54. The second kappa shape index (κ2) is 8.77. The van der Waals surface area contributed by atoms with Crippen LogP contribution in [0.1, 0.15) is 31.4 Å². The van der Waals surface area contributed by atoms with E-state index >= 15 is 0 Å². The summed E-state index contributed by atoms with van der Waals surface area (Å²) in [6.45, 7) is 7.38. The Morgan fingerprint density at radius 3 is 2.32 bits per heavy atom. The molecule has 2 aromatic rings. The van der Waals surface area contributed by atoms with Gasteiger partial charge in [-0.1, -0.05) is 68.4 Å². The maximum atomic E-state index is 9.40. The van der Waals surface area contributed by atoms with Crippen molar-refractivity contribution in [1.29, 1.82) is 0 Å². The van der Waals surface area contributed by atoms with Crippen molar-refractivity contribution in [2.45, 2.75) is 33.4 Å². The van der Waals surface area contributed by atoms with Gasteiger partial charge in [-0.2, -0.15) is 0 Å². The normalized spacial score (nSPS) is 11.1. The van der Waals surface area contributed by atoms with E-state index in [2.05, 4.69) is 55.1 Å². The summed E-state index contributed by atoms with van der Waals surface area (Å²) in [5.74, 6) is 0.693. The maximum absolute atomic E-state index is 9.40. The van der Waals surface area contributed by atoms with Crippen molar-refractivity contribution in [3.63, 3.8) is 0 Å². The van der Waals surface area contributed by atoms with Crippen LogP contribution in [0.15, 0.2) is 54.6 Å². The molecule has 0 heterocycles. The zero-order valence-corrected chi connectivity index (χ0v) is 13.6. The average Bonchev–Trinajstić information content (AvgIpc) is 2.54. The van der Waals surface area contributed by atoms with E-state index in [1.165, 1.54) is 25.0 Å². The van der Waals surface area contributed by atoms with E-state index in [1.54, 1.807) is 0 Å². The molecule has 2 rings (SSSR count). The Morgan fingerprint density at radius 2 is 1.64 bits per heavy atom. The molecule has 1 N–H and O–H groups in total. The fourth-order valence-electron chi connectivity index (χ4n) is 2.54. The molecule has 0 spiro atoms. The first-order chi connectivity index (χ1) is 10.7. The van der Waals surface area contributed by atoms with E-state index in [4.69, 9.17) is 0 Å². The molecule has 2 aromatic carbocycles. The molecular weight excluding hydrogens is 269 g/mol. The molecule has 22 heavy (non-hydrogen) atoms. The highest BCUT2D eigenvalue weighted by Crippen LogP contribution is 2.11. The van der Waals surface area contributed by atoms with Gasteiger partial charge >= 0.3 is 7.48 Å². The summed E-state index contributed by atoms with van der Waals surface area (Å²) in [4.78, 5) is 2.46. The highest BCUT2D eigenvalue weighted by atomic mass is 16.2. The van der Waals surface area contributed by atoms with Gasteiger partial charge in [-0.15, -0.1) is 0 Å². The van der Waals surface area contributed by atoms with Gasteiger partial charge in [0, 0.05) is 13.1 Å². The van der Waals surface area contributed by atoms with Crippen molar-refractivity contribution in [2.24, 2.45) is 5.92 Å². The molecule has 0 aliphatic heterocycles. The van der Waals surface area contributed by atoms with Crippen LogP contribution in [0.3, 0.4) is 0 Å². The Bertz CT molecular complexity index is 556. The fraction of sp³-hybridized carbons (Fsp3) is 0.368. The van der Waals surface area contributed by atoms with Crippen LogP contribution in [0.5, 0.6) is 0 Å². The number of hydrogen-bond donors (Lipinski definition) is 1. The SMILES string of the molecule is CC(C)CCN(Cc1ccccc1)Cc1ccccc1[B]O. The van der Waals surface area contributed by atoms with Crippen LogP contribution in [0.25, 0.3) is 0 Å². The lowest BCUT2D eigenvalue weighted by Crippen LogP contribution is -2.29.